The Morgan fingerprint density at radius 2 is 1.14 bits per heavy atom. The molecule has 1 N–H and O–H groups in total. The molecule has 132 valence electrons. The first-order valence-corrected chi connectivity index (χ1v) is 11.8. The zero-order chi connectivity index (χ0) is 16.1. The molecule has 7 heteroatoms. The molecule has 0 fully saturated rings. The smallest absolute Gasteiger partial charge is 0.264 e. The summed E-state index contributed by atoms with van der Waals surface area (Å²) in [5.74, 6) is 0. The van der Waals surface area contributed by atoms with Gasteiger partial charge in [-0.1, -0.05) is 40.0 Å². The number of rotatable bonds is 10. The standard InChI is InChI=1S/C13H30P.CH4O4S.H3P/c1-5-8-11-14(4,12-9-6-2)13-10-7-3;1-5-6(2,3)4;/h5-13H2,1-4H3;1H3,(H,2,3,4);1H3/q+1;;. The van der Waals surface area contributed by atoms with Gasteiger partial charge in [0.2, 0.25) is 0 Å². The fourth-order valence-electron chi connectivity index (χ4n) is 1.95. The van der Waals surface area contributed by atoms with Crippen LogP contribution in [0.25, 0.3) is 0 Å². The predicted molar refractivity (Wildman–Crippen MR) is 102 cm³/mol. The highest BCUT2D eigenvalue weighted by Crippen LogP contribution is 2.57. The number of unbranched alkanes of at least 4 members (excludes halogenated alkanes) is 3. The minimum atomic E-state index is -4.16. The molecule has 0 aromatic carbocycles. The minimum absolute atomic E-state index is 0. The molecule has 0 aromatic heterocycles. The lowest BCUT2D eigenvalue weighted by Gasteiger charge is -2.22. The maximum absolute atomic E-state index is 9.33. The molecular weight excluding hydrogens is 326 g/mol. The Kier molecular flexibility index (Phi) is 19.8. The molecule has 0 spiro atoms. The van der Waals surface area contributed by atoms with Crippen LogP contribution in [0, 0.1) is 0 Å². The van der Waals surface area contributed by atoms with Crippen molar-refractivity contribution in [3.05, 3.63) is 0 Å². The van der Waals surface area contributed by atoms with Crippen LogP contribution >= 0.6 is 17.2 Å². The quantitative estimate of drug-likeness (QED) is 0.458. The third kappa shape index (κ3) is 20.7. The van der Waals surface area contributed by atoms with E-state index in [-0.39, 0.29) is 9.90 Å². The van der Waals surface area contributed by atoms with Gasteiger partial charge in [-0.3, -0.25) is 8.74 Å². The number of hydrogen-bond acceptors (Lipinski definition) is 3. The highest BCUT2D eigenvalue weighted by atomic mass is 32.3. The first kappa shape index (κ1) is 26.6. The zero-order valence-electron chi connectivity index (χ0n) is 14.6. The van der Waals surface area contributed by atoms with E-state index in [4.69, 9.17) is 4.55 Å². The molecule has 1 unspecified atom stereocenters. The average Bonchev–Trinajstić information content (AvgIpc) is 2.41. The molecular formula is C14H37O4P2S+. The highest BCUT2D eigenvalue weighted by Gasteiger charge is 2.28. The summed E-state index contributed by atoms with van der Waals surface area (Å²) < 4.78 is 29.7. The first-order chi connectivity index (χ1) is 9.24. The SMILES string of the molecule is CCCC[P+](C)(CCCC)CCCC.COS(=O)(=O)O.P. The summed E-state index contributed by atoms with van der Waals surface area (Å²) in [6.07, 6.45) is 13.2. The van der Waals surface area contributed by atoms with Crippen molar-refractivity contribution in [3.8, 4) is 0 Å². The van der Waals surface area contributed by atoms with Crippen LogP contribution in [0.5, 0.6) is 0 Å². The predicted octanol–water partition coefficient (Wildman–Crippen LogP) is 4.53. The second kappa shape index (κ2) is 15.6. The topological polar surface area (TPSA) is 63.6 Å². The second-order valence-corrected chi connectivity index (χ2v) is 11.2. The van der Waals surface area contributed by atoms with E-state index in [9.17, 15) is 8.42 Å². The third-order valence-corrected chi connectivity index (χ3v) is 7.97. The summed E-state index contributed by atoms with van der Waals surface area (Å²) in [4.78, 5) is 0. The Bertz CT molecular complexity index is 286. The molecule has 0 radical (unpaired) electrons. The van der Waals surface area contributed by atoms with E-state index >= 15 is 0 Å². The van der Waals surface area contributed by atoms with Gasteiger partial charge >= 0.3 is 10.4 Å². The van der Waals surface area contributed by atoms with Crippen LogP contribution < -0.4 is 0 Å². The molecule has 0 saturated heterocycles. The molecule has 4 nitrogen and oxygen atoms in total. The van der Waals surface area contributed by atoms with Crippen LogP contribution in [0.1, 0.15) is 59.3 Å². The van der Waals surface area contributed by atoms with E-state index in [0.29, 0.717) is 0 Å². The molecule has 0 saturated carbocycles. The summed E-state index contributed by atoms with van der Waals surface area (Å²) in [5, 5.41) is 0. The Morgan fingerprint density at radius 1 is 0.905 bits per heavy atom. The minimum Gasteiger partial charge on any atom is -0.264 e. The molecule has 1 atom stereocenters. The fourth-order valence-corrected chi connectivity index (χ4v) is 5.86. The second-order valence-electron chi connectivity index (χ2n) is 5.45. The van der Waals surface area contributed by atoms with Crippen LogP contribution in [0.15, 0.2) is 0 Å². The largest absolute Gasteiger partial charge is 0.397 e. The van der Waals surface area contributed by atoms with E-state index in [1.807, 2.05) is 0 Å². The number of hydrogen-bond donors (Lipinski definition) is 1. The Labute approximate surface area is 136 Å². The molecule has 0 aliphatic carbocycles. The maximum atomic E-state index is 9.33. The molecule has 0 aliphatic heterocycles. The van der Waals surface area contributed by atoms with Gasteiger partial charge in [-0.25, -0.2) is 0 Å². The van der Waals surface area contributed by atoms with Gasteiger partial charge in [0.25, 0.3) is 0 Å². The van der Waals surface area contributed by atoms with Crippen molar-refractivity contribution in [2.75, 3.05) is 32.3 Å². The molecule has 0 aliphatic rings. The third-order valence-electron chi connectivity index (χ3n) is 3.37. The normalized spacial score (nSPS) is 11.3. The molecule has 21 heavy (non-hydrogen) atoms. The first-order valence-electron chi connectivity index (χ1n) is 7.61. The Balaban J connectivity index is -0.000000394. The van der Waals surface area contributed by atoms with Crippen molar-refractivity contribution in [1.29, 1.82) is 0 Å². The Hall–Kier alpha value is 0.730. The van der Waals surface area contributed by atoms with Crippen molar-refractivity contribution in [1.82, 2.24) is 0 Å². The molecule has 0 bridgehead atoms. The lowest BCUT2D eigenvalue weighted by Crippen LogP contribution is -2.07. The van der Waals surface area contributed by atoms with E-state index in [1.54, 1.807) is 18.5 Å². The molecule has 0 aromatic rings. The average molecular weight is 363 g/mol. The molecule has 0 amide bonds. The summed E-state index contributed by atoms with van der Waals surface area (Å²) in [7, 11) is -3.81. The lowest BCUT2D eigenvalue weighted by atomic mass is 10.4. The Morgan fingerprint density at radius 3 is 1.29 bits per heavy atom. The molecule has 0 heterocycles. The summed E-state index contributed by atoms with van der Waals surface area (Å²) >= 11 is 0. The maximum Gasteiger partial charge on any atom is 0.397 e. The van der Waals surface area contributed by atoms with Gasteiger partial charge in [0.15, 0.2) is 0 Å². The van der Waals surface area contributed by atoms with Gasteiger partial charge in [-0.15, -0.1) is 0 Å². The van der Waals surface area contributed by atoms with Gasteiger partial charge < -0.3 is 0 Å². The van der Waals surface area contributed by atoms with Crippen molar-refractivity contribution in [2.45, 2.75) is 59.3 Å². The van der Waals surface area contributed by atoms with Crippen LogP contribution in [-0.4, -0.2) is 45.2 Å². The summed E-state index contributed by atoms with van der Waals surface area (Å²) in [6, 6.07) is 0. The van der Waals surface area contributed by atoms with Crippen molar-refractivity contribution in [2.24, 2.45) is 0 Å². The van der Waals surface area contributed by atoms with Gasteiger partial charge in [0.1, 0.15) is 0 Å². The van der Waals surface area contributed by atoms with Crippen molar-refractivity contribution < 1.29 is 17.2 Å². The fraction of sp³-hybridized carbons (Fsp3) is 1.00. The highest BCUT2D eigenvalue weighted by molar-refractivity contribution is 7.80. The van der Waals surface area contributed by atoms with Gasteiger partial charge in [-0.2, -0.15) is 18.3 Å². The monoisotopic (exact) mass is 363 g/mol. The van der Waals surface area contributed by atoms with Crippen LogP contribution in [-0.2, 0) is 14.6 Å². The summed E-state index contributed by atoms with van der Waals surface area (Å²) in [6.45, 7) is 9.59. The van der Waals surface area contributed by atoms with Crippen LogP contribution in [0.4, 0.5) is 0 Å². The van der Waals surface area contributed by atoms with E-state index < -0.39 is 17.7 Å². The summed E-state index contributed by atoms with van der Waals surface area (Å²) in [5.41, 5.74) is 0. The zero-order valence-corrected chi connectivity index (χ0v) is 17.7. The van der Waals surface area contributed by atoms with Crippen LogP contribution in [0.3, 0.4) is 0 Å². The van der Waals surface area contributed by atoms with E-state index in [1.165, 1.54) is 38.5 Å². The van der Waals surface area contributed by atoms with Crippen molar-refractivity contribution >= 4 is 27.6 Å². The molecule has 0 rings (SSSR count). The van der Waals surface area contributed by atoms with Crippen molar-refractivity contribution in [3.63, 3.8) is 0 Å². The van der Waals surface area contributed by atoms with Gasteiger partial charge in [-0.05, 0) is 19.3 Å². The van der Waals surface area contributed by atoms with E-state index in [0.717, 1.165) is 7.11 Å². The lowest BCUT2D eigenvalue weighted by molar-refractivity contribution is 0.324. The van der Waals surface area contributed by atoms with Crippen LogP contribution in [0.2, 0.25) is 0 Å². The van der Waals surface area contributed by atoms with Gasteiger partial charge in [0, 0.05) is 13.9 Å². The van der Waals surface area contributed by atoms with E-state index in [2.05, 4.69) is 31.6 Å². The van der Waals surface area contributed by atoms with Gasteiger partial charge in [0.05, 0.1) is 25.6 Å².